The molecule has 3 unspecified atom stereocenters. The molecule has 2 aliphatic heterocycles. The highest BCUT2D eigenvalue weighted by atomic mass is 16.3. The molecular weight excluding hydrogens is 260 g/mol. The number of nitrogens with one attached hydrogen (secondary N) is 1. The van der Waals surface area contributed by atoms with Crippen LogP contribution in [0.2, 0.25) is 0 Å². The van der Waals surface area contributed by atoms with Crippen molar-refractivity contribution in [1.82, 2.24) is 10.2 Å². The average molecular weight is 276 g/mol. The van der Waals surface area contributed by atoms with E-state index < -0.39 is 18.5 Å². The van der Waals surface area contributed by atoms with Crippen LogP contribution >= 0.6 is 0 Å². The maximum atomic E-state index is 12.5. The fourth-order valence-corrected chi connectivity index (χ4v) is 2.86. The van der Waals surface area contributed by atoms with E-state index in [9.17, 15) is 19.8 Å². The lowest BCUT2D eigenvalue weighted by molar-refractivity contribution is -0.136. The van der Waals surface area contributed by atoms with E-state index in [1.54, 1.807) is 24.3 Å². The van der Waals surface area contributed by atoms with E-state index in [0.29, 0.717) is 18.4 Å². The lowest BCUT2D eigenvalue weighted by Gasteiger charge is -2.40. The number of benzene rings is 1. The number of rotatable bonds is 1. The minimum atomic E-state index is -1.10. The molecule has 0 radical (unpaired) electrons. The standard InChI is InChI=1S/C14H16N2O4/c17-11-6-5-10(13(19)15-11)16-12(18)7-8-3-1-2-4-9(8)14(16)20/h1-4,10-11,13,15,17,19H,5-7H2. The number of imide groups is 1. The zero-order chi connectivity index (χ0) is 14.3. The van der Waals surface area contributed by atoms with Crippen LogP contribution in [0.3, 0.4) is 0 Å². The minimum absolute atomic E-state index is 0.160. The summed E-state index contributed by atoms with van der Waals surface area (Å²) in [5.41, 5.74) is 1.22. The van der Waals surface area contributed by atoms with E-state index in [2.05, 4.69) is 5.32 Å². The molecule has 2 aliphatic rings. The smallest absolute Gasteiger partial charge is 0.261 e. The third-order valence-electron chi connectivity index (χ3n) is 3.87. The third kappa shape index (κ3) is 2.11. The van der Waals surface area contributed by atoms with Gasteiger partial charge in [-0.25, -0.2) is 0 Å². The van der Waals surface area contributed by atoms with Crippen LogP contribution in [0.25, 0.3) is 0 Å². The summed E-state index contributed by atoms with van der Waals surface area (Å²) in [6.07, 6.45) is -0.969. The second-order valence-corrected chi connectivity index (χ2v) is 5.17. The Hall–Kier alpha value is -1.76. The van der Waals surface area contributed by atoms with Crippen molar-refractivity contribution in [2.45, 2.75) is 37.8 Å². The molecule has 0 bridgehead atoms. The van der Waals surface area contributed by atoms with Gasteiger partial charge in [0, 0.05) is 5.56 Å². The zero-order valence-electron chi connectivity index (χ0n) is 10.8. The second kappa shape index (κ2) is 4.97. The van der Waals surface area contributed by atoms with Gasteiger partial charge in [0.05, 0.1) is 12.5 Å². The van der Waals surface area contributed by atoms with Gasteiger partial charge in [0.2, 0.25) is 5.91 Å². The van der Waals surface area contributed by atoms with Crippen LogP contribution in [-0.2, 0) is 11.2 Å². The topological polar surface area (TPSA) is 89.9 Å². The molecule has 6 nitrogen and oxygen atoms in total. The van der Waals surface area contributed by atoms with Gasteiger partial charge in [0.1, 0.15) is 12.5 Å². The molecule has 6 heteroatoms. The quantitative estimate of drug-likeness (QED) is 0.607. The number of carbonyl (C=O) groups excluding carboxylic acids is 2. The van der Waals surface area contributed by atoms with Crippen LogP contribution in [0.1, 0.15) is 28.8 Å². The van der Waals surface area contributed by atoms with Gasteiger partial charge >= 0.3 is 0 Å². The third-order valence-corrected chi connectivity index (χ3v) is 3.87. The molecule has 0 aliphatic carbocycles. The number of carbonyl (C=O) groups is 2. The normalized spacial score (nSPS) is 30.3. The van der Waals surface area contributed by atoms with E-state index in [1.165, 1.54) is 0 Å². The Bertz CT molecular complexity index is 560. The van der Waals surface area contributed by atoms with Crippen LogP contribution in [0, 0.1) is 0 Å². The summed E-state index contributed by atoms with van der Waals surface area (Å²) in [6, 6.07) is 6.37. The summed E-state index contributed by atoms with van der Waals surface area (Å²) in [5, 5.41) is 21.9. The van der Waals surface area contributed by atoms with Gasteiger partial charge in [-0.05, 0) is 24.5 Å². The Balaban J connectivity index is 1.91. The highest BCUT2D eigenvalue weighted by molar-refractivity contribution is 6.10. The number of hydrogen-bond acceptors (Lipinski definition) is 5. The molecule has 3 rings (SSSR count). The molecule has 3 atom stereocenters. The largest absolute Gasteiger partial charge is 0.379 e. The molecule has 2 amide bonds. The van der Waals surface area contributed by atoms with Crippen LogP contribution in [0.15, 0.2) is 24.3 Å². The Morgan fingerprint density at radius 3 is 2.65 bits per heavy atom. The molecule has 1 saturated heterocycles. The fourth-order valence-electron chi connectivity index (χ4n) is 2.86. The van der Waals surface area contributed by atoms with Crippen LogP contribution in [0.5, 0.6) is 0 Å². The second-order valence-electron chi connectivity index (χ2n) is 5.17. The average Bonchev–Trinajstić information content (AvgIpc) is 2.41. The lowest BCUT2D eigenvalue weighted by atomic mass is 9.94. The number of amides is 2. The van der Waals surface area contributed by atoms with Crippen LogP contribution in [0.4, 0.5) is 0 Å². The van der Waals surface area contributed by atoms with Gasteiger partial charge in [0.25, 0.3) is 5.91 Å². The Morgan fingerprint density at radius 2 is 1.90 bits per heavy atom. The first-order chi connectivity index (χ1) is 9.58. The van der Waals surface area contributed by atoms with Crippen molar-refractivity contribution >= 4 is 11.8 Å². The highest BCUT2D eigenvalue weighted by Crippen LogP contribution is 2.26. The van der Waals surface area contributed by atoms with Gasteiger partial charge < -0.3 is 10.2 Å². The van der Waals surface area contributed by atoms with Crippen molar-refractivity contribution in [2.75, 3.05) is 0 Å². The SMILES string of the molecule is O=C1Cc2ccccc2C(=O)N1C1CCC(O)NC1O. The first kappa shape index (κ1) is 13.2. The van der Waals surface area contributed by atoms with E-state index in [-0.39, 0.29) is 18.2 Å². The van der Waals surface area contributed by atoms with E-state index >= 15 is 0 Å². The zero-order valence-corrected chi connectivity index (χ0v) is 10.8. The Labute approximate surface area is 116 Å². The number of aliphatic hydroxyl groups is 2. The lowest BCUT2D eigenvalue weighted by Crippen LogP contribution is -2.61. The summed E-state index contributed by atoms with van der Waals surface area (Å²) in [6.45, 7) is 0. The van der Waals surface area contributed by atoms with Crippen molar-refractivity contribution < 1.29 is 19.8 Å². The maximum absolute atomic E-state index is 12.5. The summed E-state index contributed by atoms with van der Waals surface area (Å²) in [7, 11) is 0. The molecule has 20 heavy (non-hydrogen) atoms. The maximum Gasteiger partial charge on any atom is 0.261 e. The fraction of sp³-hybridized carbons (Fsp3) is 0.429. The molecule has 0 aromatic heterocycles. The summed E-state index contributed by atoms with van der Waals surface area (Å²) < 4.78 is 0. The first-order valence-corrected chi connectivity index (χ1v) is 6.64. The van der Waals surface area contributed by atoms with E-state index in [1.807, 2.05) is 0 Å². The van der Waals surface area contributed by atoms with Gasteiger partial charge in [-0.15, -0.1) is 0 Å². The summed E-state index contributed by atoms with van der Waals surface area (Å²) >= 11 is 0. The number of piperidine rings is 1. The molecule has 1 aromatic rings. The predicted molar refractivity (Wildman–Crippen MR) is 69.5 cm³/mol. The monoisotopic (exact) mass is 276 g/mol. The molecule has 0 saturated carbocycles. The van der Waals surface area contributed by atoms with Crippen molar-refractivity contribution in [3.8, 4) is 0 Å². The molecule has 1 aromatic carbocycles. The van der Waals surface area contributed by atoms with Gasteiger partial charge in [-0.2, -0.15) is 0 Å². The molecule has 106 valence electrons. The number of aliphatic hydroxyl groups excluding tert-OH is 2. The first-order valence-electron chi connectivity index (χ1n) is 6.64. The molecular formula is C14H16N2O4. The minimum Gasteiger partial charge on any atom is -0.379 e. The summed E-state index contributed by atoms with van der Waals surface area (Å²) in [5.74, 6) is -0.685. The molecule has 2 heterocycles. The van der Waals surface area contributed by atoms with Crippen LogP contribution < -0.4 is 5.32 Å². The van der Waals surface area contributed by atoms with E-state index in [0.717, 1.165) is 10.5 Å². The van der Waals surface area contributed by atoms with Crippen molar-refractivity contribution in [3.63, 3.8) is 0 Å². The summed E-state index contributed by atoms with van der Waals surface area (Å²) in [4.78, 5) is 25.8. The van der Waals surface area contributed by atoms with Gasteiger partial charge in [-0.1, -0.05) is 18.2 Å². The van der Waals surface area contributed by atoms with E-state index in [4.69, 9.17) is 0 Å². The van der Waals surface area contributed by atoms with Gasteiger partial charge in [-0.3, -0.25) is 19.8 Å². The molecule has 1 fully saturated rings. The Kier molecular flexibility index (Phi) is 3.29. The van der Waals surface area contributed by atoms with Crippen molar-refractivity contribution in [1.29, 1.82) is 0 Å². The number of nitrogens with zero attached hydrogens (tertiary/aromatic N) is 1. The van der Waals surface area contributed by atoms with Gasteiger partial charge in [0.15, 0.2) is 0 Å². The Morgan fingerprint density at radius 1 is 1.15 bits per heavy atom. The van der Waals surface area contributed by atoms with Crippen LogP contribution in [-0.4, -0.2) is 45.4 Å². The predicted octanol–water partition coefficient (Wildman–Crippen LogP) is -0.400. The number of hydrogen-bond donors (Lipinski definition) is 3. The number of fused-ring (bicyclic) bond motifs is 1. The molecule has 3 N–H and O–H groups in total. The molecule has 0 spiro atoms. The van der Waals surface area contributed by atoms with Crippen molar-refractivity contribution in [2.24, 2.45) is 0 Å². The van der Waals surface area contributed by atoms with Crippen molar-refractivity contribution in [3.05, 3.63) is 35.4 Å². The highest BCUT2D eigenvalue weighted by Gasteiger charge is 2.41.